The molecule has 6 heterocycles. The Morgan fingerprint density at radius 2 is 1.80 bits per heavy atom. The van der Waals surface area contributed by atoms with Crippen LogP contribution < -0.4 is 15.0 Å². The van der Waals surface area contributed by atoms with Crippen LogP contribution in [0.25, 0.3) is 22.3 Å². The van der Waals surface area contributed by atoms with Gasteiger partial charge in [-0.2, -0.15) is 4.39 Å². The second-order valence-corrected chi connectivity index (χ2v) is 13.4. The molecule has 1 N–H and O–H groups in total. The third-order valence-corrected chi connectivity index (χ3v) is 10.1. The highest BCUT2D eigenvalue weighted by molar-refractivity contribution is 6.05. The number of amides is 1. The number of aromatic nitrogens is 4. The summed E-state index contributed by atoms with van der Waals surface area (Å²) in [5, 5.41) is 3.11. The summed E-state index contributed by atoms with van der Waals surface area (Å²) in [5.41, 5.74) is 5.75. The molecule has 3 aromatic heterocycles. The molecule has 1 spiro atoms. The maximum absolute atomic E-state index is 14.1. The fraction of sp³-hybridized carbons (Fsp3) is 0.486. The van der Waals surface area contributed by atoms with Crippen molar-refractivity contribution in [3.8, 4) is 17.0 Å². The summed E-state index contributed by atoms with van der Waals surface area (Å²) in [7, 11) is 2.23. The number of likely N-dealkylation sites (tertiary alicyclic amines) is 1. The summed E-state index contributed by atoms with van der Waals surface area (Å²) in [4.78, 5) is 32.1. The van der Waals surface area contributed by atoms with E-state index in [1.807, 2.05) is 6.92 Å². The molecule has 236 valence electrons. The van der Waals surface area contributed by atoms with Crippen LogP contribution in [-0.4, -0.2) is 70.2 Å². The van der Waals surface area contributed by atoms with Gasteiger partial charge in [-0.25, -0.2) is 9.97 Å². The highest BCUT2D eigenvalue weighted by Gasteiger charge is 2.37. The van der Waals surface area contributed by atoms with Crippen LogP contribution in [0.2, 0.25) is 0 Å². The minimum absolute atomic E-state index is 0.280. The number of hydrogen-bond acceptors (Lipinski definition) is 7. The molecule has 2 saturated heterocycles. The summed E-state index contributed by atoms with van der Waals surface area (Å²) < 4.78 is 22.3. The van der Waals surface area contributed by atoms with E-state index in [1.54, 1.807) is 12.1 Å². The average Bonchev–Trinajstić information content (AvgIpc) is 3.36. The topological polar surface area (TPSA) is 88.4 Å². The highest BCUT2D eigenvalue weighted by atomic mass is 19.1. The van der Waals surface area contributed by atoms with E-state index >= 15 is 0 Å². The first kappa shape index (κ1) is 29.6. The quantitative estimate of drug-likeness (QED) is 0.252. The molecule has 2 fully saturated rings. The molecule has 0 saturated carbocycles. The molecule has 45 heavy (non-hydrogen) atoms. The summed E-state index contributed by atoms with van der Waals surface area (Å²) in [6.45, 7) is 9.70. The minimum Gasteiger partial charge on any atom is -0.493 e. The van der Waals surface area contributed by atoms with Gasteiger partial charge in [0, 0.05) is 48.8 Å². The lowest BCUT2D eigenvalue weighted by Gasteiger charge is -2.46. The van der Waals surface area contributed by atoms with Crippen LogP contribution in [0.15, 0.2) is 42.6 Å². The molecule has 10 heteroatoms. The first-order valence-corrected chi connectivity index (χ1v) is 16.3. The zero-order chi connectivity index (χ0) is 31.1. The van der Waals surface area contributed by atoms with E-state index in [-0.39, 0.29) is 11.8 Å². The van der Waals surface area contributed by atoms with Gasteiger partial charge in [0.25, 0.3) is 5.91 Å². The molecule has 0 aliphatic carbocycles. The molecule has 9 nitrogen and oxygen atoms in total. The number of aryl methyl sites for hydroxylation is 1. The van der Waals surface area contributed by atoms with Gasteiger partial charge in [0.05, 0.1) is 28.9 Å². The van der Waals surface area contributed by atoms with Gasteiger partial charge in [0.15, 0.2) is 0 Å². The number of carbonyl (C=O) groups excluding carboxylic acids is 1. The van der Waals surface area contributed by atoms with Crippen molar-refractivity contribution in [3.05, 3.63) is 59.8 Å². The Morgan fingerprint density at radius 1 is 1.02 bits per heavy atom. The van der Waals surface area contributed by atoms with E-state index in [0.717, 1.165) is 37.0 Å². The van der Waals surface area contributed by atoms with Gasteiger partial charge >= 0.3 is 0 Å². The van der Waals surface area contributed by atoms with Gasteiger partial charge in [-0.3, -0.25) is 15.1 Å². The Bertz CT molecular complexity index is 1720. The van der Waals surface area contributed by atoms with Crippen LogP contribution in [0, 0.1) is 24.2 Å². The number of halogens is 1. The van der Waals surface area contributed by atoms with Crippen molar-refractivity contribution in [2.75, 3.05) is 50.1 Å². The number of anilines is 2. The first-order chi connectivity index (χ1) is 21.7. The Balaban J connectivity index is 1.21. The molecule has 0 unspecified atom stereocenters. The molecule has 2 bridgehead atoms. The van der Waals surface area contributed by atoms with Gasteiger partial charge in [0.2, 0.25) is 11.9 Å². The van der Waals surface area contributed by atoms with Gasteiger partial charge in [-0.05, 0) is 107 Å². The molecular formula is C35H42FN7O2. The van der Waals surface area contributed by atoms with Crippen molar-refractivity contribution >= 4 is 28.6 Å². The Hall–Kier alpha value is -4.05. The molecule has 3 aliphatic rings. The number of carbonyl (C=O) groups is 1. The Morgan fingerprint density at radius 3 is 2.60 bits per heavy atom. The molecule has 4 aromatic rings. The maximum atomic E-state index is 14.1. The molecular weight excluding hydrogens is 569 g/mol. The van der Waals surface area contributed by atoms with E-state index in [2.05, 4.69) is 61.8 Å². The third kappa shape index (κ3) is 6.12. The van der Waals surface area contributed by atoms with Gasteiger partial charge in [-0.1, -0.05) is 6.92 Å². The molecule has 1 atom stereocenters. The van der Waals surface area contributed by atoms with Crippen molar-refractivity contribution in [2.24, 2.45) is 11.3 Å². The predicted molar refractivity (Wildman–Crippen MR) is 174 cm³/mol. The number of pyridine rings is 2. The minimum atomic E-state index is -0.617. The fourth-order valence-corrected chi connectivity index (χ4v) is 7.27. The molecule has 7 rings (SSSR count). The van der Waals surface area contributed by atoms with Crippen molar-refractivity contribution in [2.45, 2.75) is 58.9 Å². The SMILES string of the molecule is Cc1cc2cc(n1)-c1cnc(F)cc1OCCC[C@@H](C)Cn1c(nc3ccc(N4CCC5(CCN(C)CC5)CC4)cc31)NC2=O. The van der Waals surface area contributed by atoms with Crippen LogP contribution in [0.4, 0.5) is 16.0 Å². The number of hydrogen-bond donors (Lipinski definition) is 1. The maximum Gasteiger partial charge on any atom is 0.258 e. The lowest BCUT2D eigenvalue weighted by atomic mass is 9.71. The van der Waals surface area contributed by atoms with E-state index in [9.17, 15) is 9.18 Å². The van der Waals surface area contributed by atoms with E-state index < -0.39 is 5.95 Å². The normalized spacial score (nSPS) is 20.9. The van der Waals surface area contributed by atoms with Gasteiger partial charge < -0.3 is 19.1 Å². The molecule has 1 amide bonds. The van der Waals surface area contributed by atoms with E-state index in [1.165, 1.54) is 56.7 Å². The number of rotatable bonds is 1. The lowest BCUT2D eigenvalue weighted by molar-refractivity contribution is 0.0945. The smallest absolute Gasteiger partial charge is 0.258 e. The fourth-order valence-electron chi connectivity index (χ4n) is 7.27. The number of nitrogens with one attached hydrogen (secondary N) is 1. The van der Waals surface area contributed by atoms with Crippen molar-refractivity contribution < 1.29 is 13.9 Å². The van der Waals surface area contributed by atoms with Crippen LogP contribution in [0.3, 0.4) is 0 Å². The van der Waals surface area contributed by atoms with Gasteiger partial charge in [0.1, 0.15) is 5.75 Å². The highest BCUT2D eigenvalue weighted by Crippen LogP contribution is 2.42. The number of nitrogens with zero attached hydrogens (tertiary/aromatic N) is 6. The van der Waals surface area contributed by atoms with Crippen LogP contribution in [0.1, 0.15) is 61.5 Å². The largest absolute Gasteiger partial charge is 0.493 e. The zero-order valence-electron chi connectivity index (χ0n) is 26.5. The standard InChI is InChI=1S/C35H42FN7O2/c1-23-5-4-16-45-31-20-32(36)37-21-27(31)29-18-25(17-24(2)38-29)33(44)40-34-39-28-7-6-26(19-30(28)43(34)22-23)42-14-10-35(11-15-42)8-12-41(3)13-9-35/h6-7,17-21,23H,4-5,8-16,22H2,1-3H3,(H,39,40,44)/t23-/m1/s1. The van der Waals surface area contributed by atoms with Crippen molar-refractivity contribution in [1.82, 2.24) is 24.4 Å². The van der Waals surface area contributed by atoms with E-state index in [0.29, 0.717) is 52.8 Å². The number of imidazole rings is 1. The second kappa shape index (κ2) is 12.0. The zero-order valence-corrected chi connectivity index (χ0v) is 26.5. The number of ether oxygens (including phenoxy) is 1. The van der Waals surface area contributed by atoms with Crippen LogP contribution in [0.5, 0.6) is 5.75 Å². The summed E-state index contributed by atoms with van der Waals surface area (Å²) in [5.74, 6) is 0.300. The Kier molecular flexibility index (Phi) is 7.93. The average molecular weight is 612 g/mol. The predicted octanol–water partition coefficient (Wildman–Crippen LogP) is 6.31. The monoisotopic (exact) mass is 611 g/mol. The third-order valence-electron chi connectivity index (χ3n) is 10.1. The molecule has 3 aliphatic heterocycles. The summed E-state index contributed by atoms with van der Waals surface area (Å²) in [6, 6.07) is 11.3. The number of piperidine rings is 2. The van der Waals surface area contributed by atoms with Crippen molar-refractivity contribution in [1.29, 1.82) is 0 Å². The number of fused-ring (bicyclic) bond motifs is 7. The molecule has 0 radical (unpaired) electrons. The van der Waals surface area contributed by atoms with Crippen molar-refractivity contribution in [3.63, 3.8) is 0 Å². The lowest BCUT2D eigenvalue weighted by Crippen LogP contribution is -2.46. The van der Waals surface area contributed by atoms with Crippen LogP contribution in [-0.2, 0) is 6.54 Å². The second-order valence-electron chi connectivity index (χ2n) is 13.4. The number of benzene rings is 1. The summed E-state index contributed by atoms with van der Waals surface area (Å²) in [6.07, 6.45) is 8.17. The summed E-state index contributed by atoms with van der Waals surface area (Å²) >= 11 is 0. The van der Waals surface area contributed by atoms with E-state index in [4.69, 9.17) is 9.72 Å². The molecule has 1 aromatic carbocycles. The first-order valence-electron chi connectivity index (χ1n) is 16.3. The van der Waals surface area contributed by atoms with Crippen LogP contribution >= 0.6 is 0 Å². The van der Waals surface area contributed by atoms with Gasteiger partial charge in [-0.15, -0.1) is 0 Å². The Labute approximate surface area is 263 Å².